The van der Waals surface area contributed by atoms with E-state index >= 15 is 0 Å². The fraction of sp³-hybridized carbons (Fsp3) is 0.139. The number of fused-ring (bicyclic) bond motifs is 3. The van der Waals surface area contributed by atoms with Crippen LogP contribution in [0, 0.1) is 0 Å². The summed E-state index contributed by atoms with van der Waals surface area (Å²) in [5.41, 5.74) is 7.07. The first-order valence-corrected chi connectivity index (χ1v) is 13.7. The van der Waals surface area contributed by atoms with Gasteiger partial charge < -0.3 is 19.3 Å². The molecule has 1 aliphatic carbocycles. The minimum atomic E-state index is -0.535. The molecule has 5 aromatic carbocycles. The average molecular weight is 543 g/mol. The lowest BCUT2D eigenvalue weighted by atomic mass is 9.68. The molecular formula is C36H30O5. The average Bonchev–Trinajstić information content (AvgIpc) is 3.34. The molecule has 0 radical (unpaired) electrons. The Hall–Kier alpha value is -4.87. The van der Waals surface area contributed by atoms with Crippen molar-refractivity contribution in [1.29, 1.82) is 0 Å². The van der Waals surface area contributed by atoms with Gasteiger partial charge in [-0.1, -0.05) is 91.0 Å². The molecule has 5 heteroatoms. The van der Waals surface area contributed by atoms with Gasteiger partial charge in [-0.05, 0) is 69.8 Å². The summed E-state index contributed by atoms with van der Waals surface area (Å²) in [6.07, 6.45) is 0. The van der Waals surface area contributed by atoms with Gasteiger partial charge in [0.25, 0.3) is 0 Å². The second kappa shape index (κ2) is 11.7. The minimum Gasteiger partial charge on any atom is -0.491 e. The normalized spacial score (nSPS) is 12.7. The van der Waals surface area contributed by atoms with Crippen LogP contribution in [0.15, 0.2) is 127 Å². The maximum absolute atomic E-state index is 12.2. The summed E-state index contributed by atoms with van der Waals surface area (Å²) in [5, 5.41) is 9.17. The smallest absolute Gasteiger partial charge is 0.338 e. The van der Waals surface area contributed by atoms with Crippen molar-refractivity contribution in [3.63, 3.8) is 0 Å². The minimum absolute atomic E-state index is 0.0314. The Labute approximate surface area is 239 Å². The van der Waals surface area contributed by atoms with Gasteiger partial charge in [-0.25, -0.2) is 4.79 Å². The van der Waals surface area contributed by atoms with E-state index in [2.05, 4.69) is 72.8 Å². The number of hydrogen-bond acceptors (Lipinski definition) is 5. The Balaban J connectivity index is 1.30. The fourth-order valence-electron chi connectivity index (χ4n) is 5.74. The number of aliphatic hydroxyl groups excluding tert-OH is 1. The second-order valence-electron chi connectivity index (χ2n) is 9.81. The molecule has 0 amide bonds. The van der Waals surface area contributed by atoms with Gasteiger partial charge in [-0.15, -0.1) is 0 Å². The predicted octanol–water partition coefficient (Wildman–Crippen LogP) is 6.66. The SMILES string of the molecule is O=C(OCCOc1ccc(C2(c3ccc(OCCO)cc3)c3ccccc3-c3ccccc32)cc1)c1ccccc1. The first kappa shape index (κ1) is 26.4. The van der Waals surface area contributed by atoms with Gasteiger partial charge >= 0.3 is 5.97 Å². The molecule has 1 N–H and O–H groups in total. The van der Waals surface area contributed by atoms with E-state index in [1.54, 1.807) is 12.1 Å². The standard InChI is InChI=1S/C36H30O5/c37-22-23-39-29-18-14-27(15-19-29)36(33-12-6-4-10-31(33)32-11-5-7-13-34(32)36)28-16-20-30(21-17-28)40-24-25-41-35(38)26-8-2-1-3-9-26/h1-21,37H,22-25H2. The number of rotatable bonds is 10. The van der Waals surface area contributed by atoms with Crippen LogP contribution in [0.2, 0.25) is 0 Å². The van der Waals surface area contributed by atoms with Crippen molar-refractivity contribution >= 4 is 5.97 Å². The van der Waals surface area contributed by atoms with Crippen molar-refractivity contribution in [2.24, 2.45) is 0 Å². The van der Waals surface area contributed by atoms with E-state index in [0.29, 0.717) is 17.1 Å². The molecule has 0 unspecified atom stereocenters. The lowest BCUT2D eigenvalue weighted by Gasteiger charge is -2.34. The molecule has 0 saturated carbocycles. The quantitative estimate of drug-likeness (QED) is 0.155. The van der Waals surface area contributed by atoms with Crippen molar-refractivity contribution in [3.8, 4) is 22.6 Å². The van der Waals surface area contributed by atoms with Crippen LogP contribution in [0.1, 0.15) is 32.6 Å². The monoisotopic (exact) mass is 542 g/mol. The summed E-state index contributed by atoms with van der Waals surface area (Å²) in [6, 6.07) is 42.4. The van der Waals surface area contributed by atoms with E-state index in [1.165, 1.54) is 22.3 Å². The van der Waals surface area contributed by atoms with Crippen LogP contribution in [-0.4, -0.2) is 37.5 Å². The van der Waals surface area contributed by atoms with Gasteiger partial charge in [0.2, 0.25) is 0 Å². The molecule has 41 heavy (non-hydrogen) atoms. The first-order valence-electron chi connectivity index (χ1n) is 13.7. The number of carbonyl (C=O) groups is 1. The van der Waals surface area contributed by atoms with Gasteiger partial charge in [0, 0.05) is 0 Å². The van der Waals surface area contributed by atoms with Gasteiger partial charge in [-0.2, -0.15) is 0 Å². The number of ether oxygens (including phenoxy) is 3. The molecule has 6 rings (SSSR count). The molecule has 0 saturated heterocycles. The number of aliphatic hydroxyl groups is 1. The molecule has 0 atom stereocenters. The highest BCUT2D eigenvalue weighted by atomic mass is 16.6. The van der Waals surface area contributed by atoms with Crippen LogP contribution in [0.5, 0.6) is 11.5 Å². The largest absolute Gasteiger partial charge is 0.491 e. The number of carbonyl (C=O) groups excluding carboxylic acids is 1. The number of hydrogen-bond donors (Lipinski definition) is 1. The van der Waals surface area contributed by atoms with Gasteiger partial charge in [0.1, 0.15) is 31.3 Å². The van der Waals surface area contributed by atoms with Crippen LogP contribution < -0.4 is 9.47 Å². The summed E-state index contributed by atoms with van der Waals surface area (Å²) in [4.78, 5) is 12.2. The maximum Gasteiger partial charge on any atom is 0.338 e. The van der Waals surface area contributed by atoms with Crippen molar-refractivity contribution in [2.75, 3.05) is 26.4 Å². The first-order chi connectivity index (χ1) is 20.2. The third-order valence-corrected chi connectivity index (χ3v) is 7.48. The zero-order chi connectivity index (χ0) is 28.1. The molecule has 0 heterocycles. The maximum atomic E-state index is 12.2. The Kier molecular flexibility index (Phi) is 7.52. The highest BCUT2D eigenvalue weighted by Gasteiger charge is 2.45. The van der Waals surface area contributed by atoms with E-state index in [-0.39, 0.29) is 32.4 Å². The Morgan fingerprint density at radius 2 is 1.05 bits per heavy atom. The summed E-state index contributed by atoms with van der Waals surface area (Å²) >= 11 is 0. The Morgan fingerprint density at radius 1 is 0.561 bits per heavy atom. The van der Waals surface area contributed by atoms with Gasteiger partial charge in [0.15, 0.2) is 0 Å². The lowest BCUT2D eigenvalue weighted by molar-refractivity contribution is 0.0450. The molecule has 1 aliphatic rings. The summed E-state index contributed by atoms with van der Waals surface area (Å²) in [7, 11) is 0. The van der Waals surface area contributed by atoms with E-state index in [9.17, 15) is 4.79 Å². The molecule has 5 nitrogen and oxygen atoms in total. The summed E-state index contributed by atoms with van der Waals surface area (Å²) in [6.45, 7) is 0.633. The van der Waals surface area contributed by atoms with Crippen LogP contribution in [0.4, 0.5) is 0 Å². The Morgan fingerprint density at radius 3 is 1.59 bits per heavy atom. The van der Waals surface area contributed by atoms with Gasteiger partial charge in [0.05, 0.1) is 17.6 Å². The third kappa shape index (κ3) is 4.96. The van der Waals surface area contributed by atoms with Crippen LogP contribution >= 0.6 is 0 Å². The van der Waals surface area contributed by atoms with E-state index in [1.807, 2.05) is 42.5 Å². The molecule has 0 fully saturated rings. The van der Waals surface area contributed by atoms with Crippen molar-refractivity contribution in [2.45, 2.75) is 5.41 Å². The van der Waals surface area contributed by atoms with Crippen molar-refractivity contribution < 1.29 is 24.1 Å². The van der Waals surface area contributed by atoms with E-state index < -0.39 is 5.41 Å². The molecule has 0 aliphatic heterocycles. The summed E-state index contributed by atoms with van der Waals surface area (Å²) < 4.78 is 16.9. The second-order valence-corrected chi connectivity index (χ2v) is 9.81. The highest BCUT2D eigenvalue weighted by molar-refractivity contribution is 5.89. The lowest BCUT2D eigenvalue weighted by Crippen LogP contribution is -2.28. The number of benzene rings is 5. The molecule has 0 bridgehead atoms. The molecule has 204 valence electrons. The molecular weight excluding hydrogens is 512 g/mol. The topological polar surface area (TPSA) is 65.0 Å². The van der Waals surface area contributed by atoms with E-state index in [4.69, 9.17) is 19.3 Å². The molecule has 0 aromatic heterocycles. The molecule has 5 aromatic rings. The van der Waals surface area contributed by atoms with Crippen LogP contribution in [-0.2, 0) is 10.2 Å². The highest BCUT2D eigenvalue weighted by Crippen LogP contribution is 2.56. The molecule has 0 spiro atoms. The zero-order valence-electron chi connectivity index (χ0n) is 22.5. The van der Waals surface area contributed by atoms with Crippen LogP contribution in [0.3, 0.4) is 0 Å². The van der Waals surface area contributed by atoms with Gasteiger partial charge in [-0.3, -0.25) is 0 Å². The fourth-order valence-corrected chi connectivity index (χ4v) is 5.74. The van der Waals surface area contributed by atoms with Crippen molar-refractivity contribution in [1.82, 2.24) is 0 Å². The predicted molar refractivity (Wildman–Crippen MR) is 159 cm³/mol. The Bertz CT molecular complexity index is 1580. The third-order valence-electron chi connectivity index (χ3n) is 7.48. The van der Waals surface area contributed by atoms with Crippen LogP contribution in [0.25, 0.3) is 11.1 Å². The zero-order valence-corrected chi connectivity index (χ0v) is 22.5. The number of esters is 1. The summed E-state index contributed by atoms with van der Waals surface area (Å²) in [5.74, 6) is 1.05. The van der Waals surface area contributed by atoms with Crippen molar-refractivity contribution in [3.05, 3.63) is 155 Å². The van der Waals surface area contributed by atoms with E-state index in [0.717, 1.165) is 11.1 Å².